The van der Waals surface area contributed by atoms with Crippen LogP contribution in [0.5, 0.6) is 0 Å². The lowest BCUT2D eigenvalue weighted by Gasteiger charge is -2.57. The lowest BCUT2D eigenvalue weighted by molar-refractivity contribution is -0.0583. The van der Waals surface area contributed by atoms with E-state index in [0.717, 1.165) is 113 Å². The molecule has 14 fully saturated rings. The molecule has 6 heteroatoms. The lowest BCUT2D eigenvalue weighted by atomic mass is 9.61. The monoisotopic (exact) mass is 1040 g/mol. The Bertz CT molecular complexity index is 1730. The summed E-state index contributed by atoms with van der Waals surface area (Å²) in [6.45, 7) is 0. The van der Waals surface area contributed by atoms with Gasteiger partial charge in [0.1, 0.15) is 0 Å². The number of rotatable bonds is 9. The van der Waals surface area contributed by atoms with Crippen LogP contribution in [0.2, 0.25) is 0 Å². The molecule has 18 atom stereocenters. The van der Waals surface area contributed by atoms with E-state index in [1.165, 1.54) is 283 Å². The van der Waals surface area contributed by atoms with Crippen molar-refractivity contribution in [3.8, 4) is 6.07 Å². The molecule has 0 aromatic rings. The molecule has 76 heavy (non-hydrogen) atoms. The molecule has 14 aliphatic rings. The highest BCUT2D eigenvalue weighted by Crippen LogP contribution is 2.58. The molecular formula is C70H116N6. The van der Waals surface area contributed by atoms with Gasteiger partial charge in [-0.3, -0.25) is 9.80 Å². The molecule has 5 heterocycles. The number of piperidine rings is 3. The quantitative estimate of drug-likeness (QED) is 0.214. The van der Waals surface area contributed by atoms with Gasteiger partial charge < -0.3 is 16.0 Å². The Morgan fingerprint density at radius 2 is 0.513 bits per heavy atom. The number of nitriles is 1. The van der Waals surface area contributed by atoms with Crippen LogP contribution in [-0.2, 0) is 0 Å². The normalized spacial score (nSPS) is 49.0. The first kappa shape index (κ1) is 53.3. The fourth-order valence-electron chi connectivity index (χ4n) is 24.6. The Balaban J connectivity index is 0.840. The van der Waals surface area contributed by atoms with Gasteiger partial charge in [-0.25, -0.2) is 0 Å². The maximum atomic E-state index is 12.0. The van der Waals surface area contributed by atoms with Crippen molar-refractivity contribution in [3.05, 3.63) is 0 Å². The number of likely N-dealkylation sites (tertiary alicyclic amines) is 2. The van der Waals surface area contributed by atoms with E-state index in [4.69, 9.17) is 5.32 Å². The van der Waals surface area contributed by atoms with E-state index in [0.29, 0.717) is 30.1 Å². The average Bonchev–Trinajstić information content (AvgIpc) is 4.11. The zero-order valence-corrected chi connectivity index (χ0v) is 48.9. The largest absolute Gasteiger partial charge is 0.311 e. The first-order chi connectivity index (χ1) is 37.6. The van der Waals surface area contributed by atoms with Crippen LogP contribution in [0.1, 0.15) is 283 Å². The first-order valence-corrected chi connectivity index (χ1v) is 35.9. The minimum absolute atomic E-state index is 0.207. The summed E-state index contributed by atoms with van der Waals surface area (Å²) in [5.74, 6) is 10.5. The molecule has 14 rings (SSSR count). The third kappa shape index (κ3) is 10.7. The molecular weight excluding hydrogens is 925 g/mol. The van der Waals surface area contributed by atoms with Crippen LogP contribution in [-0.4, -0.2) is 82.3 Å². The Hall–Kier alpha value is -0.710. The van der Waals surface area contributed by atoms with Crippen LogP contribution in [0.15, 0.2) is 0 Å². The van der Waals surface area contributed by atoms with E-state index < -0.39 is 0 Å². The number of hydrogen-bond acceptors (Lipinski definition) is 6. The molecule has 0 aromatic carbocycles. The molecule has 3 N–H and O–H groups in total. The van der Waals surface area contributed by atoms with E-state index >= 15 is 0 Å². The summed E-state index contributed by atoms with van der Waals surface area (Å²) in [5, 5.41) is 26.1. The Morgan fingerprint density at radius 3 is 0.842 bits per heavy atom. The maximum Gasteiger partial charge on any atom is 0.0672 e. The van der Waals surface area contributed by atoms with Gasteiger partial charge in [0.05, 0.1) is 12.0 Å². The van der Waals surface area contributed by atoms with Gasteiger partial charge in [-0.05, 0) is 225 Å². The van der Waals surface area contributed by atoms with Gasteiger partial charge >= 0.3 is 0 Å². The SMILES string of the molecule is N#CC1CC(C2CC(C3CC(C4CCCCC4)NC(C4CCCCC4)C3)NC(C3CC(C4CCCCC4)NC(C4CCCCC4)C3)C2)C(N2C3CCCCC3C3CCCCC32)CC1N1C2CCCCC2C2CCCCC21. The molecule has 6 nitrogen and oxygen atoms in total. The molecule has 0 aromatic heterocycles. The van der Waals surface area contributed by atoms with Crippen LogP contribution in [0.4, 0.5) is 0 Å². The molecule has 9 aliphatic carbocycles. The van der Waals surface area contributed by atoms with Crippen molar-refractivity contribution in [2.45, 2.75) is 355 Å². The fraction of sp³-hybridized carbons (Fsp3) is 0.986. The third-order valence-corrected chi connectivity index (χ3v) is 27.9. The predicted octanol–water partition coefficient (Wildman–Crippen LogP) is 15.7. The Morgan fingerprint density at radius 1 is 0.237 bits per heavy atom. The van der Waals surface area contributed by atoms with E-state index in [1.54, 1.807) is 0 Å². The smallest absolute Gasteiger partial charge is 0.0672 e. The standard InChI is InChI=1S/C70H116N6/c71-45-53-37-58(70(76-67-35-19-15-31-56(67)57-32-16-20-36-68(57)76)44-69(53)75-65-33-17-13-29-54(65)55-30-14-18-34-66(55)75)50-38-63(51-40-59(46-21-5-1-6-22-46)72-60(41-51)47-23-7-2-8-24-47)74-64(39-50)52-42-61(48-25-9-3-10-26-48)73-62(43-52)49-27-11-4-12-28-49/h46-70,72-74H,1-44H2. The van der Waals surface area contributed by atoms with Gasteiger partial charge in [0, 0.05) is 72.5 Å². The second kappa shape index (κ2) is 24.2. The summed E-state index contributed by atoms with van der Waals surface area (Å²) in [5.41, 5.74) is 0. The lowest BCUT2D eigenvalue weighted by Crippen LogP contribution is -2.64. The molecule has 0 radical (unpaired) electrons. The summed E-state index contributed by atoms with van der Waals surface area (Å²) in [6, 6.07) is 11.9. The van der Waals surface area contributed by atoms with Crippen LogP contribution >= 0.6 is 0 Å². The fourth-order valence-corrected chi connectivity index (χ4v) is 24.6. The zero-order valence-electron chi connectivity index (χ0n) is 48.9. The molecule has 5 aliphatic heterocycles. The van der Waals surface area contributed by atoms with E-state index in [9.17, 15) is 5.26 Å². The summed E-state index contributed by atoms with van der Waals surface area (Å²) < 4.78 is 0. The van der Waals surface area contributed by atoms with Crippen molar-refractivity contribution in [3.63, 3.8) is 0 Å². The van der Waals surface area contributed by atoms with Gasteiger partial charge in [-0.1, -0.05) is 128 Å². The van der Waals surface area contributed by atoms with E-state index in [1.807, 2.05) is 0 Å². The van der Waals surface area contributed by atoms with Gasteiger partial charge in [0.2, 0.25) is 0 Å². The second-order valence-electron chi connectivity index (χ2n) is 31.4. The molecule has 18 unspecified atom stereocenters. The van der Waals surface area contributed by atoms with Crippen molar-refractivity contribution in [1.82, 2.24) is 25.8 Å². The molecule has 0 spiro atoms. The predicted molar refractivity (Wildman–Crippen MR) is 313 cm³/mol. The summed E-state index contributed by atoms with van der Waals surface area (Å²) >= 11 is 0. The van der Waals surface area contributed by atoms with Gasteiger partial charge in [-0.2, -0.15) is 5.26 Å². The van der Waals surface area contributed by atoms with Crippen LogP contribution in [0.25, 0.3) is 0 Å². The zero-order chi connectivity index (χ0) is 50.5. The van der Waals surface area contributed by atoms with Crippen LogP contribution in [0, 0.1) is 88.3 Å². The number of nitrogens with zero attached hydrogens (tertiary/aromatic N) is 3. The number of hydrogen-bond donors (Lipinski definition) is 3. The highest BCUT2D eigenvalue weighted by molar-refractivity contribution is 5.16. The van der Waals surface area contributed by atoms with Gasteiger partial charge in [0.25, 0.3) is 0 Å². The third-order valence-electron chi connectivity index (χ3n) is 27.9. The Kier molecular flexibility index (Phi) is 17.0. The van der Waals surface area contributed by atoms with E-state index in [2.05, 4.69) is 26.5 Å². The van der Waals surface area contributed by atoms with Crippen LogP contribution in [0.3, 0.4) is 0 Å². The van der Waals surface area contributed by atoms with Gasteiger partial charge in [0.15, 0.2) is 0 Å². The number of nitrogens with one attached hydrogen (secondary N) is 3. The highest BCUT2D eigenvalue weighted by atomic mass is 15.3. The maximum absolute atomic E-state index is 12.0. The summed E-state index contributed by atoms with van der Waals surface area (Å²) in [6.07, 6.45) is 64.1. The van der Waals surface area contributed by atoms with Crippen molar-refractivity contribution in [1.29, 1.82) is 5.26 Å². The van der Waals surface area contributed by atoms with Crippen LogP contribution < -0.4 is 16.0 Å². The van der Waals surface area contributed by atoms with Gasteiger partial charge in [-0.15, -0.1) is 0 Å². The average molecular weight is 1040 g/mol. The van der Waals surface area contributed by atoms with Crippen molar-refractivity contribution in [2.75, 3.05) is 0 Å². The van der Waals surface area contributed by atoms with Crippen molar-refractivity contribution >= 4 is 0 Å². The highest BCUT2D eigenvalue weighted by Gasteiger charge is 2.60. The molecule has 9 saturated carbocycles. The first-order valence-electron chi connectivity index (χ1n) is 35.9. The molecule has 0 bridgehead atoms. The summed E-state index contributed by atoms with van der Waals surface area (Å²) in [4.78, 5) is 6.74. The van der Waals surface area contributed by atoms with Crippen molar-refractivity contribution in [2.24, 2.45) is 76.9 Å². The molecule has 426 valence electrons. The minimum Gasteiger partial charge on any atom is -0.311 e. The molecule has 5 saturated heterocycles. The minimum atomic E-state index is 0.207. The number of fused-ring (bicyclic) bond motifs is 6. The Labute approximate surface area is 466 Å². The topological polar surface area (TPSA) is 66.4 Å². The molecule has 0 amide bonds. The van der Waals surface area contributed by atoms with E-state index in [-0.39, 0.29) is 5.92 Å². The van der Waals surface area contributed by atoms with Crippen molar-refractivity contribution < 1.29 is 0 Å². The summed E-state index contributed by atoms with van der Waals surface area (Å²) in [7, 11) is 0. The second-order valence-corrected chi connectivity index (χ2v) is 31.4.